The first-order chi connectivity index (χ1) is 15.1. The third-order valence-corrected chi connectivity index (χ3v) is 4.81. The number of methoxy groups -OCH3 is 2. The molecule has 4 rings (SSSR count). The number of benzene rings is 3. The molecule has 0 aliphatic rings. The zero-order valence-electron chi connectivity index (χ0n) is 17.0. The predicted molar refractivity (Wildman–Crippen MR) is 116 cm³/mol. The number of ether oxygens (including phenoxy) is 3. The van der Waals surface area contributed by atoms with E-state index >= 15 is 0 Å². The molecule has 6 heteroatoms. The monoisotopic (exact) mass is 410 g/mol. The summed E-state index contributed by atoms with van der Waals surface area (Å²) in [6.45, 7) is 0. The zero-order chi connectivity index (χ0) is 21.8. The van der Waals surface area contributed by atoms with Crippen LogP contribution in [0.1, 0.15) is 15.9 Å². The highest BCUT2D eigenvalue weighted by Gasteiger charge is 2.17. The van der Waals surface area contributed by atoms with Crippen LogP contribution in [-0.4, -0.2) is 25.2 Å². The van der Waals surface area contributed by atoms with Crippen LogP contribution in [0.5, 0.6) is 17.2 Å². The Morgan fingerprint density at radius 3 is 2.35 bits per heavy atom. The summed E-state index contributed by atoms with van der Waals surface area (Å²) in [5.74, 6) is 1.02. The van der Waals surface area contributed by atoms with Crippen LogP contribution in [0.4, 0.5) is 0 Å². The third-order valence-electron chi connectivity index (χ3n) is 4.81. The van der Waals surface area contributed by atoms with Gasteiger partial charge >= 0.3 is 5.97 Å². The minimum Gasteiger partial charge on any atom is -0.493 e. The highest BCUT2D eigenvalue weighted by Crippen LogP contribution is 2.33. The number of carbonyl (C=O) groups excluding carboxylic acids is 1. The molecule has 0 N–H and O–H groups in total. The zero-order valence-corrected chi connectivity index (χ0v) is 17.0. The van der Waals surface area contributed by atoms with E-state index in [0.717, 1.165) is 5.56 Å². The number of nitriles is 1. The second-order valence-corrected chi connectivity index (χ2v) is 6.67. The standard InChI is InChI=1S/C25H18N2O4/c1-29-23-12-9-17(13-24(23)30-2)22-14-20(19-5-3-4-6-21(19)27-22)25(28)31-18-10-7-16(15-26)8-11-18/h3-14H,1-2H3. The molecule has 0 spiro atoms. The van der Waals surface area contributed by atoms with E-state index in [1.54, 1.807) is 50.6 Å². The molecule has 1 heterocycles. The van der Waals surface area contributed by atoms with E-state index in [2.05, 4.69) is 0 Å². The largest absolute Gasteiger partial charge is 0.493 e. The fourth-order valence-electron chi connectivity index (χ4n) is 3.25. The first kappa shape index (κ1) is 19.9. The van der Waals surface area contributed by atoms with Crippen LogP contribution < -0.4 is 14.2 Å². The average molecular weight is 410 g/mol. The van der Waals surface area contributed by atoms with Gasteiger partial charge in [0.15, 0.2) is 11.5 Å². The van der Waals surface area contributed by atoms with Crippen molar-refractivity contribution < 1.29 is 19.0 Å². The minimum atomic E-state index is -0.509. The first-order valence-electron chi connectivity index (χ1n) is 9.47. The molecular formula is C25H18N2O4. The predicted octanol–water partition coefficient (Wildman–Crippen LogP) is 5.01. The van der Waals surface area contributed by atoms with Gasteiger partial charge in [0, 0.05) is 10.9 Å². The van der Waals surface area contributed by atoms with Gasteiger partial charge in [-0.3, -0.25) is 0 Å². The van der Waals surface area contributed by atoms with Crippen molar-refractivity contribution in [1.82, 2.24) is 4.98 Å². The Morgan fingerprint density at radius 1 is 0.903 bits per heavy atom. The molecule has 0 atom stereocenters. The van der Waals surface area contributed by atoms with Crippen molar-refractivity contribution in [2.45, 2.75) is 0 Å². The number of esters is 1. The molecule has 0 radical (unpaired) electrons. The van der Waals surface area contributed by atoms with Gasteiger partial charge in [-0.05, 0) is 54.6 Å². The van der Waals surface area contributed by atoms with Crippen LogP contribution in [0.15, 0.2) is 72.8 Å². The molecule has 152 valence electrons. The Hall–Kier alpha value is -4.37. The van der Waals surface area contributed by atoms with Crippen molar-refractivity contribution in [3.63, 3.8) is 0 Å². The molecule has 0 aliphatic heterocycles. The minimum absolute atomic E-state index is 0.359. The Labute approximate surface area is 179 Å². The Morgan fingerprint density at radius 2 is 1.65 bits per heavy atom. The molecule has 6 nitrogen and oxygen atoms in total. The van der Waals surface area contributed by atoms with Crippen LogP contribution in [-0.2, 0) is 0 Å². The number of carbonyl (C=O) groups is 1. The number of hydrogen-bond donors (Lipinski definition) is 0. The number of aromatic nitrogens is 1. The first-order valence-corrected chi connectivity index (χ1v) is 9.47. The van der Waals surface area contributed by atoms with Crippen LogP contribution in [0.3, 0.4) is 0 Å². The van der Waals surface area contributed by atoms with Gasteiger partial charge in [0.25, 0.3) is 0 Å². The van der Waals surface area contributed by atoms with Crippen molar-refractivity contribution in [3.8, 4) is 34.6 Å². The number of para-hydroxylation sites is 1. The lowest BCUT2D eigenvalue weighted by atomic mass is 10.0. The van der Waals surface area contributed by atoms with Gasteiger partial charge in [-0.25, -0.2) is 9.78 Å². The number of nitrogens with zero attached hydrogens (tertiary/aromatic N) is 2. The molecule has 0 saturated heterocycles. The molecule has 0 fully saturated rings. The average Bonchev–Trinajstić information content (AvgIpc) is 2.83. The second-order valence-electron chi connectivity index (χ2n) is 6.67. The van der Waals surface area contributed by atoms with E-state index in [-0.39, 0.29) is 0 Å². The fourth-order valence-corrected chi connectivity index (χ4v) is 3.25. The van der Waals surface area contributed by atoms with Gasteiger partial charge < -0.3 is 14.2 Å². The molecular weight excluding hydrogens is 392 g/mol. The molecule has 0 aliphatic carbocycles. The second kappa shape index (κ2) is 8.56. The van der Waals surface area contributed by atoms with Crippen LogP contribution >= 0.6 is 0 Å². The van der Waals surface area contributed by atoms with Crippen LogP contribution in [0.2, 0.25) is 0 Å². The third kappa shape index (κ3) is 4.02. The van der Waals surface area contributed by atoms with E-state index in [4.69, 9.17) is 24.5 Å². The molecule has 4 aromatic rings. The number of rotatable bonds is 5. The van der Waals surface area contributed by atoms with E-state index in [1.807, 2.05) is 42.5 Å². The number of pyridine rings is 1. The highest BCUT2D eigenvalue weighted by atomic mass is 16.5. The SMILES string of the molecule is COc1ccc(-c2cc(C(=O)Oc3ccc(C#N)cc3)c3ccccc3n2)cc1OC. The van der Waals surface area contributed by atoms with Gasteiger partial charge in [-0.1, -0.05) is 18.2 Å². The van der Waals surface area contributed by atoms with E-state index in [0.29, 0.717) is 45.0 Å². The summed E-state index contributed by atoms with van der Waals surface area (Å²) >= 11 is 0. The number of fused-ring (bicyclic) bond motifs is 1. The van der Waals surface area contributed by atoms with Crippen molar-refractivity contribution >= 4 is 16.9 Å². The molecule has 1 aromatic heterocycles. The van der Waals surface area contributed by atoms with Gasteiger partial charge in [0.05, 0.1) is 42.6 Å². The maximum absolute atomic E-state index is 13.0. The quantitative estimate of drug-likeness (QED) is 0.340. The highest BCUT2D eigenvalue weighted by molar-refractivity contribution is 6.05. The lowest BCUT2D eigenvalue weighted by Gasteiger charge is -2.12. The number of hydrogen-bond acceptors (Lipinski definition) is 6. The van der Waals surface area contributed by atoms with Crippen LogP contribution in [0.25, 0.3) is 22.2 Å². The van der Waals surface area contributed by atoms with Gasteiger partial charge in [-0.15, -0.1) is 0 Å². The van der Waals surface area contributed by atoms with Crippen molar-refractivity contribution in [1.29, 1.82) is 5.26 Å². The van der Waals surface area contributed by atoms with Gasteiger partial charge in [0.1, 0.15) is 5.75 Å². The summed E-state index contributed by atoms with van der Waals surface area (Å²) in [6.07, 6.45) is 0. The Balaban J connectivity index is 1.78. The summed E-state index contributed by atoms with van der Waals surface area (Å²) in [5, 5.41) is 9.62. The summed E-state index contributed by atoms with van der Waals surface area (Å²) in [4.78, 5) is 17.7. The van der Waals surface area contributed by atoms with E-state index in [1.165, 1.54) is 0 Å². The molecule has 0 amide bonds. The summed E-state index contributed by atoms with van der Waals surface area (Å²) < 4.78 is 16.3. The van der Waals surface area contributed by atoms with Crippen LogP contribution in [0, 0.1) is 11.3 Å². The van der Waals surface area contributed by atoms with Crippen molar-refractivity contribution in [2.75, 3.05) is 14.2 Å². The smallest absolute Gasteiger partial charge is 0.344 e. The molecule has 3 aromatic carbocycles. The maximum Gasteiger partial charge on any atom is 0.344 e. The van der Waals surface area contributed by atoms with Crippen molar-refractivity contribution in [3.05, 3.63) is 83.9 Å². The van der Waals surface area contributed by atoms with Gasteiger partial charge in [0.2, 0.25) is 0 Å². The summed E-state index contributed by atoms with van der Waals surface area (Å²) in [7, 11) is 3.14. The molecule has 31 heavy (non-hydrogen) atoms. The van der Waals surface area contributed by atoms with E-state index < -0.39 is 5.97 Å². The lowest BCUT2D eigenvalue weighted by Crippen LogP contribution is -2.10. The topological polar surface area (TPSA) is 81.4 Å². The Bertz CT molecular complexity index is 1310. The molecule has 0 bridgehead atoms. The molecule has 0 unspecified atom stereocenters. The Kier molecular flexibility index (Phi) is 5.50. The molecule has 0 saturated carbocycles. The van der Waals surface area contributed by atoms with E-state index in [9.17, 15) is 4.79 Å². The maximum atomic E-state index is 13.0. The normalized spacial score (nSPS) is 10.4. The summed E-state index contributed by atoms with van der Waals surface area (Å²) in [5.41, 5.74) is 2.92. The fraction of sp³-hybridized carbons (Fsp3) is 0.0800. The van der Waals surface area contributed by atoms with Crippen molar-refractivity contribution in [2.24, 2.45) is 0 Å². The lowest BCUT2D eigenvalue weighted by molar-refractivity contribution is 0.0737. The van der Waals surface area contributed by atoms with Gasteiger partial charge in [-0.2, -0.15) is 5.26 Å². The summed E-state index contributed by atoms with van der Waals surface area (Å²) in [6, 6.07) is 23.0.